The van der Waals surface area contributed by atoms with Crippen LogP contribution in [0.3, 0.4) is 0 Å². The summed E-state index contributed by atoms with van der Waals surface area (Å²) < 4.78 is 27.8. The molecule has 2 unspecified atom stereocenters. The maximum absolute atomic E-state index is 11.3. The molecule has 0 bridgehead atoms. The molecule has 2 N–H and O–H groups in total. The van der Waals surface area contributed by atoms with Gasteiger partial charge in [0, 0.05) is 6.04 Å². The molecule has 2 atom stereocenters. The molecule has 0 aromatic carbocycles. The molecular formula is C9H14N2O3S. The second-order valence-electron chi connectivity index (χ2n) is 4.00. The monoisotopic (exact) mass is 230 g/mol. The first kappa shape index (κ1) is 10.6. The highest BCUT2D eigenvalue weighted by atomic mass is 32.2. The molecule has 1 saturated heterocycles. The molecule has 6 heteroatoms. The van der Waals surface area contributed by atoms with Gasteiger partial charge in [-0.3, -0.25) is 0 Å². The van der Waals surface area contributed by atoms with Crippen LogP contribution < -0.4 is 5.73 Å². The summed E-state index contributed by atoms with van der Waals surface area (Å²) >= 11 is 0. The van der Waals surface area contributed by atoms with Gasteiger partial charge in [0.05, 0.1) is 23.1 Å². The molecule has 0 radical (unpaired) electrons. The molecule has 84 valence electrons. The van der Waals surface area contributed by atoms with Gasteiger partial charge in [-0.05, 0) is 13.3 Å². The zero-order valence-electron chi connectivity index (χ0n) is 8.51. The molecule has 1 fully saturated rings. The van der Waals surface area contributed by atoms with Crippen LogP contribution in [0, 0.1) is 0 Å². The van der Waals surface area contributed by atoms with Crippen molar-refractivity contribution in [1.82, 2.24) is 4.98 Å². The van der Waals surface area contributed by atoms with Crippen LogP contribution in [0.4, 0.5) is 0 Å². The first-order valence-electron chi connectivity index (χ1n) is 4.89. The van der Waals surface area contributed by atoms with E-state index >= 15 is 0 Å². The quantitative estimate of drug-likeness (QED) is 0.803. The molecule has 1 aromatic rings. The lowest BCUT2D eigenvalue weighted by atomic mass is 10.1. The van der Waals surface area contributed by atoms with E-state index in [1.165, 1.54) is 6.26 Å². The number of aromatic nitrogens is 1. The van der Waals surface area contributed by atoms with Crippen LogP contribution in [0.25, 0.3) is 0 Å². The van der Waals surface area contributed by atoms with Crippen molar-refractivity contribution in [2.24, 2.45) is 5.73 Å². The molecule has 2 rings (SSSR count). The van der Waals surface area contributed by atoms with Crippen LogP contribution in [-0.4, -0.2) is 24.9 Å². The Labute approximate surface area is 88.6 Å². The number of nitrogens with two attached hydrogens (primary N) is 1. The minimum absolute atomic E-state index is 0.0949. The Bertz CT molecular complexity index is 450. The molecule has 2 heterocycles. The Balaban J connectivity index is 2.17. The zero-order valence-corrected chi connectivity index (χ0v) is 9.33. The lowest BCUT2D eigenvalue weighted by Crippen LogP contribution is -2.07. The van der Waals surface area contributed by atoms with E-state index in [-0.39, 0.29) is 23.5 Å². The first-order chi connectivity index (χ1) is 6.98. The average Bonchev–Trinajstić information content (AvgIpc) is 2.70. The molecule has 0 spiro atoms. The van der Waals surface area contributed by atoms with Crippen molar-refractivity contribution in [1.29, 1.82) is 0 Å². The van der Waals surface area contributed by atoms with Crippen LogP contribution in [0.5, 0.6) is 0 Å². The van der Waals surface area contributed by atoms with Gasteiger partial charge < -0.3 is 10.2 Å². The fourth-order valence-corrected chi connectivity index (χ4v) is 3.42. The number of nitrogens with zero attached hydrogens (tertiary/aromatic N) is 1. The summed E-state index contributed by atoms with van der Waals surface area (Å²) in [6.45, 7) is 1.81. The minimum atomic E-state index is -2.89. The van der Waals surface area contributed by atoms with Gasteiger partial charge in [-0.2, -0.15) is 0 Å². The van der Waals surface area contributed by atoms with Crippen molar-refractivity contribution in [2.75, 3.05) is 11.5 Å². The van der Waals surface area contributed by atoms with Crippen LogP contribution >= 0.6 is 0 Å². The summed E-state index contributed by atoms with van der Waals surface area (Å²) in [5, 5.41) is 0. The predicted octanol–water partition coefficient (Wildman–Crippen LogP) is 0.596. The van der Waals surface area contributed by atoms with Gasteiger partial charge in [-0.25, -0.2) is 13.4 Å². The third-order valence-electron chi connectivity index (χ3n) is 2.59. The lowest BCUT2D eigenvalue weighted by Gasteiger charge is -2.00. The Hall–Kier alpha value is -0.880. The summed E-state index contributed by atoms with van der Waals surface area (Å²) in [6.07, 6.45) is 2.10. The maximum Gasteiger partial charge on any atom is 0.198 e. The van der Waals surface area contributed by atoms with E-state index in [0.29, 0.717) is 18.0 Å². The van der Waals surface area contributed by atoms with E-state index in [2.05, 4.69) is 4.98 Å². The normalized spacial score (nSPS) is 26.7. The number of hydrogen-bond donors (Lipinski definition) is 1. The molecule has 1 aliphatic rings. The Morgan fingerprint density at radius 3 is 2.87 bits per heavy atom. The number of oxazole rings is 1. The third kappa shape index (κ3) is 2.21. The van der Waals surface area contributed by atoms with Crippen LogP contribution in [-0.2, 0) is 9.84 Å². The van der Waals surface area contributed by atoms with Crippen molar-refractivity contribution < 1.29 is 12.8 Å². The molecule has 1 aliphatic heterocycles. The van der Waals surface area contributed by atoms with Gasteiger partial charge in [0.2, 0.25) is 0 Å². The molecule has 5 nitrogen and oxygen atoms in total. The summed E-state index contributed by atoms with van der Waals surface area (Å²) in [4.78, 5) is 4.20. The van der Waals surface area contributed by atoms with Gasteiger partial charge in [0.1, 0.15) is 6.26 Å². The van der Waals surface area contributed by atoms with Crippen molar-refractivity contribution in [3.05, 3.63) is 17.8 Å². The van der Waals surface area contributed by atoms with E-state index in [1.54, 1.807) is 0 Å². The third-order valence-corrected chi connectivity index (χ3v) is 4.36. The summed E-state index contributed by atoms with van der Waals surface area (Å²) in [5.41, 5.74) is 6.31. The number of hydrogen-bond acceptors (Lipinski definition) is 5. The standard InChI is InChI=1S/C9H14N2O3S/c1-6(10)8-4-14-9(11-8)7-2-3-15(12,13)5-7/h4,6-7H,2-3,5,10H2,1H3. The highest BCUT2D eigenvalue weighted by Gasteiger charge is 2.32. The largest absolute Gasteiger partial charge is 0.448 e. The second kappa shape index (κ2) is 3.61. The van der Waals surface area contributed by atoms with Crippen LogP contribution in [0.2, 0.25) is 0 Å². The molecule has 0 aliphatic carbocycles. The Morgan fingerprint density at radius 2 is 2.40 bits per heavy atom. The smallest absolute Gasteiger partial charge is 0.198 e. The lowest BCUT2D eigenvalue weighted by molar-refractivity contribution is 0.460. The zero-order chi connectivity index (χ0) is 11.1. The number of sulfone groups is 1. The van der Waals surface area contributed by atoms with Gasteiger partial charge >= 0.3 is 0 Å². The first-order valence-corrected chi connectivity index (χ1v) is 6.71. The van der Waals surface area contributed by atoms with Crippen molar-refractivity contribution in [3.8, 4) is 0 Å². The average molecular weight is 230 g/mol. The van der Waals surface area contributed by atoms with Gasteiger partial charge in [0.25, 0.3) is 0 Å². The topological polar surface area (TPSA) is 86.2 Å². The van der Waals surface area contributed by atoms with Crippen LogP contribution in [0.1, 0.15) is 36.9 Å². The highest BCUT2D eigenvalue weighted by Crippen LogP contribution is 2.28. The van der Waals surface area contributed by atoms with Gasteiger partial charge in [-0.1, -0.05) is 0 Å². The van der Waals surface area contributed by atoms with Gasteiger partial charge in [0.15, 0.2) is 15.7 Å². The summed E-state index contributed by atoms with van der Waals surface area (Å²) in [5.74, 6) is 0.783. The Kier molecular flexibility index (Phi) is 2.56. The van der Waals surface area contributed by atoms with E-state index in [0.717, 1.165) is 0 Å². The highest BCUT2D eigenvalue weighted by molar-refractivity contribution is 7.91. The maximum atomic E-state index is 11.3. The van der Waals surface area contributed by atoms with E-state index in [1.807, 2.05) is 6.92 Å². The van der Waals surface area contributed by atoms with E-state index in [4.69, 9.17) is 10.2 Å². The van der Waals surface area contributed by atoms with Crippen LogP contribution in [0.15, 0.2) is 10.7 Å². The molecule has 1 aromatic heterocycles. The molecule has 15 heavy (non-hydrogen) atoms. The molecule has 0 amide bonds. The second-order valence-corrected chi connectivity index (χ2v) is 6.23. The molecule has 0 saturated carbocycles. The fraction of sp³-hybridized carbons (Fsp3) is 0.667. The Morgan fingerprint density at radius 1 is 1.67 bits per heavy atom. The van der Waals surface area contributed by atoms with E-state index in [9.17, 15) is 8.42 Å². The van der Waals surface area contributed by atoms with Gasteiger partial charge in [-0.15, -0.1) is 0 Å². The SMILES string of the molecule is CC(N)c1coc(C2CCS(=O)(=O)C2)n1. The van der Waals surface area contributed by atoms with Crippen molar-refractivity contribution >= 4 is 9.84 Å². The van der Waals surface area contributed by atoms with E-state index < -0.39 is 9.84 Å². The molecular weight excluding hydrogens is 216 g/mol. The fourth-order valence-electron chi connectivity index (χ4n) is 1.69. The predicted molar refractivity (Wildman–Crippen MR) is 55.1 cm³/mol. The summed E-state index contributed by atoms with van der Waals surface area (Å²) in [7, 11) is -2.89. The minimum Gasteiger partial charge on any atom is -0.448 e. The van der Waals surface area contributed by atoms with Crippen molar-refractivity contribution in [2.45, 2.75) is 25.3 Å². The summed E-state index contributed by atoms with van der Waals surface area (Å²) in [6, 6.07) is -0.180. The number of rotatable bonds is 2. The van der Waals surface area contributed by atoms with Crippen molar-refractivity contribution in [3.63, 3.8) is 0 Å².